The average Bonchev–Trinajstić information content (AvgIpc) is 2.35. The molecule has 2 N–H and O–H groups in total. The largest absolute Gasteiger partial charge is 0.508 e. The first kappa shape index (κ1) is 12.5. The monoisotopic (exact) mass is 242 g/mol. The van der Waals surface area contributed by atoms with E-state index in [-0.39, 0.29) is 5.92 Å². The number of hydrogen-bond acceptors (Lipinski definition) is 2. The third-order valence-corrected chi connectivity index (χ3v) is 3.44. The third-order valence-electron chi connectivity index (χ3n) is 3.44. The van der Waals surface area contributed by atoms with Gasteiger partial charge < -0.3 is 10.2 Å². The third kappa shape index (κ3) is 2.33. The molecule has 2 heteroatoms. The minimum atomic E-state index is 0.239. The van der Waals surface area contributed by atoms with Crippen molar-refractivity contribution in [1.82, 2.24) is 0 Å². The van der Waals surface area contributed by atoms with E-state index in [1.807, 2.05) is 38.1 Å². The second-order valence-electron chi connectivity index (χ2n) is 4.81. The zero-order valence-electron chi connectivity index (χ0n) is 10.9. The van der Waals surface area contributed by atoms with Crippen molar-refractivity contribution in [3.63, 3.8) is 0 Å². The SMILES string of the molecule is Cc1cc(C(C)c2ccc(O)c(C)c2)ccc1O. The van der Waals surface area contributed by atoms with Crippen LogP contribution in [0, 0.1) is 13.8 Å². The first-order valence-corrected chi connectivity index (χ1v) is 6.08. The lowest BCUT2D eigenvalue weighted by atomic mass is 9.91. The second-order valence-corrected chi connectivity index (χ2v) is 4.81. The van der Waals surface area contributed by atoms with Gasteiger partial charge >= 0.3 is 0 Å². The summed E-state index contributed by atoms with van der Waals surface area (Å²) in [6.45, 7) is 5.92. The van der Waals surface area contributed by atoms with Gasteiger partial charge in [0.05, 0.1) is 0 Å². The molecule has 0 saturated heterocycles. The molecule has 0 aliphatic heterocycles. The quantitative estimate of drug-likeness (QED) is 0.839. The van der Waals surface area contributed by atoms with Crippen molar-refractivity contribution in [2.45, 2.75) is 26.7 Å². The number of aryl methyl sites for hydroxylation is 2. The van der Waals surface area contributed by atoms with Crippen LogP contribution in [0.1, 0.15) is 35.1 Å². The van der Waals surface area contributed by atoms with Gasteiger partial charge in [0, 0.05) is 5.92 Å². The number of aromatic hydroxyl groups is 2. The van der Waals surface area contributed by atoms with Gasteiger partial charge in [-0.3, -0.25) is 0 Å². The van der Waals surface area contributed by atoms with E-state index in [0.717, 1.165) is 22.3 Å². The summed E-state index contributed by atoms with van der Waals surface area (Å²) in [5.41, 5.74) is 4.09. The van der Waals surface area contributed by atoms with E-state index in [9.17, 15) is 10.2 Å². The first-order chi connectivity index (χ1) is 8.49. The molecule has 0 unspecified atom stereocenters. The van der Waals surface area contributed by atoms with Crippen LogP contribution in [0.2, 0.25) is 0 Å². The van der Waals surface area contributed by atoms with Gasteiger partial charge in [0.2, 0.25) is 0 Å². The summed E-state index contributed by atoms with van der Waals surface area (Å²) >= 11 is 0. The summed E-state index contributed by atoms with van der Waals surface area (Å²) in [5.74, 6) is 0.893. The zero-order chi connectivity index (χ0) is 13.3. The molecule has 0 heterocycles. The minimum absolute atomic E-state index is 0.239. The van der Waals surface area contributed by atoms with Gasteiger partial charge in [0.1, 0.15) is 11.5 Å². The van der Waals surface area contributed by atoms with Crippen molar-refractivity contribution in [2.24, 2.45) is 0 Å². The Morgan fingerprint density at radius 3 is 1.50 bits per heavy atom. The number of rotatable bonds is 2. The van der Waals surface area contributed by atoms with E-state index in [0.29, 0.717) is 11.5 Å². The van der Waals surface area contributed by atoms with E-state index in [1.54, 1.807) is 12.1 Å². The molecule has 2 aromatic rings. The van der Waals surface area contributed by atoms with Crippen molar-refractivity contribution in [3.05, 3.63) is 58.7 Å². The Morgan fingerprint density at radius 1 is 0.778 bits per heavy atom. The Labute approximate surface area is 108 Å². The smallest absolute Gasteiger partial charge is 0.118 e. The molecule has 0 spiro atoms. The highest BCUT2D eigenvalue weighted by Gasteiger charge is 2.10. The molecule has 0 bridgehead atoms. The highest BCUT2D eigenvalue weighted by molar-refractivity contribution is 5.43. The number of phenols is 2. The molecular weight excluding hydrogens is 224 g/mol. The molecule has 94 valence electrons. The van der Waals surface area contributed by atoms with Crippen molar-refractivity contribution in [1.29, 1.82) is 0 Å². The first-order valence-electron chi connectivity index (χ1n) is 6.08. The lowest BCUT2D eigenvalue weighted by Gasteiger charge is -2.15. The Balaban J connectivity index is 2.37. The number of benzene rings is 2. The molecule has 2 aromatic carbocycles. The Kier molecular flexibility index (Phi) is 3.28. The van der Waals surface area contributed by atoms with Crippen molar-refractivity contribution >= 4 is 0 Å². The Morgan fingerprint density at radius 2 is 1.17 bits per heavy atom. The lowest BCUT2D eigenvalue weighted by Crippen LogP contribution is -1.97. The van der Waals surface area contributed by atoms with Crippen LogP contribution < -0.4 is 0 Å². The summed E-state index contributed by atoms with van der Waals surface area (Å²) < 4.78 is 0. The van der Waals surface area contributed by atoms with E-state index in [2.05, 4.69) is 6.92 Å². The Hall–Kier alpha value is -1.96. The summed E-state index contributed by atoms with van der Waals surface area (Å²) in [5, 5.41) is 19.1. The summed E-state index contributed by atoms with van der Waals surface area (Å²) in [6.07, 6.45) is 0. The lowest BCUT2D eigenvalue weighted by molar-refractivity contribution is 0.470. The summed E-state index contributed by atoms with van der Waals surface area (Å²) in [4.78, 5) is 0. The van der Waals surface area contributed by atoms with Crippen LogP contribution >= 0.6 is 0 Å². The van der Waals surface area contributed by atoms with Gasteiger partial charge in [0.25, 0.3) is 0 Å². The van der Waals surface area contributed by atoms with Crippen molar-refractivity contribution < 1.29 is 10.2 Å². The summed E-state index contributed by atoms with van der Waals surface area (Å²) in [6, 6.07) is 11.3. The number of hydrogen-bond donors (Lipinski definition) is 2. The zero-order valence-corrected chi connectivity index (χ0v) is 10.9. The van der Waals surface area contributed by atoms with Crippen LogP contribution in [0.4, 0.5) is 0 Å². The molecule has 0 radical (unpaired) electrons. The minimum Gasteiger partial charge on any atom is -0.508 e. The fourth-order valence-corrected chi connectivity index (χ4v) is 2.09. The van der Waals surface area contributed by atoms with E-state index >= 15 is 0 Å². The van der Waals surface area contributed by atoms with Gasteiger partial charge in [0.15, 0.2) is 0 Å². The molecule has 0 amide bonds. The predicted molar refractivity (Wildman–Crippen MR) is 73.2 cm³/mol. The standard InChI is InChI=1S/C16H18O2/c1-10-8-13(4-6-15(10)17)12(3)14-5-7-16(18)11(2)9-14/h4-9,12,17-18H,1-3H3. The average molecular weight is 242 g/mol. The highest BCUT2D eigenvalue weighted by Crippen LogP contribution is 2.29. The fraction of sp³-hybridized carbons (Fsp3) is 0.250. The van der Waals surface area contributed by atoms with Crippen molar-refractivity contribution in [3.8, 4) is 11.5 Å². The van der Waals surface area contributed by atoms with Crippen LogP contribution in [0.3, 0.4) is 0 Å². The van der Waals surface area contributed by atoms with E-state index in [1.165, 1.54) is 0 Å². The molecule has 0 fully saturated rings. The molecule has 2 nitrogen and oxygen atoms in total. The molecule has 0 aliphatic carbocycles. The topological polar surface area (TPSA) is 40.5 Å². The second kappa shape index (κ2) is 4.73. The van der Waals surface area contributed by atoms with Crippen LogP contribution in [0.25, 0.3) is 0 Å². The maximum absolute atomic E-state index is 9.54. The van der Waals surface area contributed by atoms with Gasteiger partial charge in [-0.25, -0.2) is 0 Å². The molecule has 2 rings (SSSR count). The maximum Gasteiger partial charge on any atom is 0.118 e. The van der Waals surface area contributed by atoms with Crippen LogP contribution in [0.5, 0.6) is 11.5 Å². The van der Waals surface area contributed by atoms with Gasteiger partial charge in [-0.2, -0.15) is 0 Å². The fourth-order valence-electron chi connectivity index (χ4n) is 2.09. The van der Waals surface area contributed by atoms with Gasteiger partial charge in [-0.05, 0) is 48.2 Å². The summed E-state index contributed by atoms with van der Waals surface area (Å²) in [7, 11) is 0. The normalized spacial score (nSPS) is 10.9. The predicted octanol–water partition coefficient (Wildman–Crippen LogP) is 3.87. The molecule has 0 saturated carbocycles. The van der Waals surface area contributed by atoms with Crippen LogP contribution in [-0.2, 0) is 0 Å². The van der Waals surface area contributed by atoms with Gasteiger partial charge in [-0.1, -0.05) is 31.2 Å². The van der Waals surface area contributed by atoms with E-state index in [4.69, 9.17) is 0 Å². The molecule has 0 atom stereocenters. The molecule has 0 aliphatic rings. The molecule has 0 aromatic heterocycles. The molecular formula is C16H18O2. The molecule has 18 heavy (non-hydrogen) atoms. The number of phenolic OH excluding ortho intramolecular Hbond substituents is 2. The maximum atomic E-state index is 9.54. The van der Waals surface area contributed by atoms with Crippen molar-refractivity contribution in [2.75, 3.05) is 0 Å². The Bertz CT molecular complexity index is 522. The van der Waals surface area contributed by atoms with Crippen LogP contribution in [0.15, 0.2) is 36.4 Å². The van der Waals surface area contributed by atoms with Crippen LogP contribution in [-0.4, -0.2) is 10.2 Å². The van der Waals surface area contributed by atoms with Gasteiger partial charge in [-0.15, -0.1) is 0 Å². The van der Waals surface area contributed by atoms with E-state index < -0.39 is 0 Å². The highest BCUT2D eigenvalue weighted by atomic mass is 16.3.